The summed E-state index contributed by atoms with van der Waals surface area (Å²) in [6.07, 6.45) is 1.40. The number of amides is 1. The van der Waals surface area contributed by atoms with Crippen LogP contribution in [0.5, 0.6) is 0 Å². The molecule has 5 heteroatoms. The molecule has 0 bridgehead atoms. The summed E-state index contributed by atoms with van der Waals surface area (Å²) < 4.78 is 0. The monoisotopic (exact) mass is 272 g/mol. The molecule has 1 heterocycles. The van der Waals surface area contributed by atoms with Crippen molar-refractivity contribution in [3.8, 4) is 0 Å². The molecular formula is C15H20N4O. The zero-order valence-electron chi connectivity index (χ0n) is 11.8. The predicted octanol–water partition coefficient (Wildman–Crippen LogP) is 1.93. The summed E-state index contributed by atoms with van der Waals surface area (Å²) in [5.74, 6) is 0.359. The lowest BCUT2D eigenvalue weighted by Gasteiger charge is -2.11. The van der Waals surface area contributed by atoms with Crippen LogP contribution >= 0.6 is 0 Å². The fourth-order valence-electron chi connectivity index (χ4n) is 1.91. The Morgan fingerprint density at radius 1 is 1.35 bits per heavy atom. The summed E-state index contributed by atoms with van der Waals surface area (Å²) >= 11 is 0. The van der Waals surface area contributed by atoms with Crippen molar-refractivity contribution in [2.75, 3.05) is 5.32 Å². The first kappa shape index (κ1) is 14.3. The number of carbonyl (C=O) groups is 1. The van der Waals surface area contributed by atoms with Crippen LogP contribution in [0, 0.1) is 13.8 Å². The van der Waals surface area contributed by atoms with Gasteiger partial charge in [0, 0.05) is 11.3 Å². The van der Waals surface area contributed by atoms with Crippen molar-refractivity contribution in [2.24, 2.45) is 5.73 Å². The van der Waals surface area contributed by atoms with E-state index in [4.69, 9.17) is 5.73 Å². The molecule has 106 valence electrons. The zero-order valence-corrected chi connectivity index (χ0v) is 11.8. The third-order valence-electron chi connectivity index (χ3n) is 3.42. The van der Waals surface area contributed by atoms with E-state index in [2.05, 4.69) is 15.5 Å². The average molecular weight is 272 g/mol. The van der Waals surface area contributed by atoms with E-state index in [0.29, 0.717) is 12.2 Å². The molecule has 4 N–H and O–H groups in total. The van der Waals surface area contributed by atoms with Gasteiger partial charge >= 0.3 is 0 Å². The van der Waals surface area contributed by atoms with Gasteiger partial charge in [0.1, 0.15) is 0 Å². The van der Waals surface area contributed by atoms with Crippen molar-refractivity contribution in [2.45, 2.75) is 32.7 Å². The number of nitrogens with zero attached hydrogens (tertiary/aromatic N) is 1. The normalized spacial score (nSPS) is 12.2. The molecule has 1 atom stereocenters. The number of aryl methyl sites for hydroxylation is 2. The molecular weight excluding hydrogens is 252 g/mol. The smallest absolute Gasteiger partial charge is 0.242 e. The van der Waals surface area contributed by atoms with Gasteiger partial charge < -0.3 is 11.1 Å². The minimum Gasteiger partial charge on any atom is -0.320 e. The molecule has 0 saturated carbocycles. The van der Waals surface area contributed by atoms with Crippen molar-refractivity contribution in [3.05, 3.63) is 47.2 Å². The van der Waals surface area contributed by atoms with Gasteiger partial charge in [0.15, 0.2) is 5.82 Å². The maximum absolute atomic E-state index is 12.0. The number of anilines is 1. The van der Waals surface area contributed by atoms with Crippen LogP contribution in [-0.2, 0) is 11.2 Å². The number of hydrogen-bond donors (Lipinski definition) is 3. The van der Waals surface area contributed by atoms with E-state index >= 15 is 0 Å². The summed E-state index contributed by atoms with van der Waals surface area (Å²) in [5.41, 5.74) is 8.98. The third-order valence-corrected chi connectivity index (χ3v) is 3.42. The van der Waals surface area contributed by atoms with Crippen LogP contribution in [0.2, 0.25) is 0 Å². The van der Waals surface area contributed by atoms with E-state index in [-0.39, 0.29) is 5.91 Å². The Kier molecular flexibility index (Phi) is 4.53. The van der Waals surface area contributed by atoms with Gasteiger partial charge in [-0.15, -0.1) is 0 Å². The standard InChI is InChI=1S/C15H20N4O/c1-10-11(2)18-19-14(10)17-15(20)13(16)9-8-12-6-4-3-5-7-12/h3-7,13H,8-9,16H2,1-2H3,(H2,17,18,19,20)/t13-/m0/s1. The van der Waals surface area contributed by atoms with Crippen LogP contribution in [0.1, 0.15) is 23.2 Å². The molecule has 1 aromatic carbocycles. The van der Waals surface area contributed by atoms with Crippen molar-refractivity contribution < 1.29 is 4.79 Å². The molecule has 2 aromatic rings. The van der Waals surface area contributed by atoms with Gasteiger partial charge in [0.05, 0.1) is 6.04 Å². The van der Waals surface area contributed by atoms with Crippen LogP contribution in [0.15, 0.2) is 30.3 Å². The highest BCUT2D eigenvalue weighted by atomic mass is 16.2. The SMILES string of the molecule is Cc1[nH]nc(NC(=O)[C@@H](N)CCc2ccccc2)c1C. The van der Waals surface area contributed by atoms with Crippen LogP contribution in [0.25, 0.3) is 0 Å². The Balaban J connectivity index is 1.88. The number of carbonyl (C=O) groups excluding carboxylic acids is 1. The minimum absolute atomic E-state index is 0.199. The van der Waals surface area contributed by atoms with Gasteiger partial charge in [0.2, 0.25) is 5.91 Å². The lowest BCUT2D eigenvalue weighted by atomic mass is 10.1. The zero-order chi connectivity index (χ0) is 14.5. The average Bonchev–Trinajstić information content (AvgIpc) is 2.78. The lowest BCUT2D eigenvalue weighted by molar-refractivity contribution is -0.117. The number of aromatic amines is 1. The first-order valence-corrected chi connectivity index (χ1v) is 6.70. The Morgan fingerprint density at radius 3 is 2.65 bits per heavy atom. The molecule has 20 heavy (non-hydrogen) atoms. The van der Waals surface area contributed by atoms with Gasteiger partial charge in [-0.3, -0.25) is 9.89 Å². The Hall–Kier alpha value is -2.14. The van der Waals surface area contributed by atoms with E-state index in [1.54, 1.807) is 0 Å². The number of rotatable bonds is 5. The maximum Gasteiger partial charge on any atom is 0.242 e. The first-order chi connectivity index (χ1) is 9.58. The summed E-state index contributed by atoms with van der Waals surface area (Å²) in [6, 6.07) is 9.47. The highest BCUT2D eigenvalue weighted by Gasteiger charge is 2.16. The van der Waals surface area contributed by atoms with Gasteiger partial charge in [0.25, 0.3) is 0 Å². The summed E-state index contributed by atoms with van der Waals surface area (Å²) in [4.78, 5) is 12.0. The van der Waals surface area contributed by atoms with Gasteiger partial charge in [-0.1, -0.05) is 30.3 Å². The fourth-order valence-corrected chi connectivity index (χ4v) is 1.91. The molecule has 5 nitrogen and oxygen atoms in total. The van der Waals surface area contributed by atoms with Crippen LogP contribution in [0.3, 0.4) is 0 Å². The van der Waals surface area contributed by atoms with E-state index in [1.807, 2.05) is 44.2 Å². The maximum atomic E-state index is 12.0. The van der Waals surface area contributed by atoms with Gasteiger partial charge in [-0.05, 0) is 32.3 Å². The molecule has 0 aliphatic rings. The Bertz CT molecular complexity index is 577. The van der Waals surface area contributed by atoms with Gasteiger partial charge in [-0.2, -0.15) is 5.10 Å². The van der Waals surface area contributed by atoms with Gasteiger partial charge in [-0.25, -0.2) is 0 Å². The number of benzene rings is 1. The second-order valence-electron chi connectivity index (χ2n) is 4.94. The van der Waals surface area contributed by atoms with E-state index in [9.17, 15) is 4.79 Å². The van der Waals surface area contributed by atoms with Crippen molar-refractivity contribution in [3.63, 3.8) is 0 Å². The number of H-pyrrole nitrogens is 1. The molecule has 0 aliphatic heterocycles. The summed E-state index contributed by atoms with van der Waals surface area (Å²) in [5, 5.41) is 9.64. The Morgan fingerprint density at radius 2 is 2.05 bits per heavy atom. The quantitative estimate of drug-likeness (QED) is 0.777. The number of nitrogens with two attached hydrogens (primary N) is 1. The fraction of sp³-hybridized carbons (Fsp3) is 0.333. The van der Waals surface area contributed by atoms with E-state index < -0.39 is 6.04 Å². The topological polar surface area (TPSA) is 83.8 Å². The second-order valence-corrected chi connectivity index (χ2v) is 4.94. The summed E-state index contributed by atoms with van der Waals surface area (Å²) in [7, 11) is 0. The van der Waals surface area contributed by atoms with E-state index in [1.165, 1.54) is 5.56 Å². The molecule has 0 aliphatic carbocycles. The largest absolute Gasteiger partial charge is 0.320 e. The minimum atomic E-state index is -0.536. The molecule has 1 amide bonds. The Labute approximate surface area is 118 Å². The first-order valence-electron chi connectivity index (χ1n) is 6.70. The van der Waals surface area contributed by atoms with Crippen LogP contribution < -0.4 is 11.1 Å². The highest BCUT2D eigenvalue weighted by Crippen LogP contribution is 2.14. The van der Waals surface area contributed by atoms with Crippen molar-refractivity contribution >= 4 is 11.7 Å². The molecule has 0 fully saturated rings. The molecule has 1 aromatic heterocycles. The molecule has 0 spiro atoms. The highest BCUT2D eigenvalue weighted by molar-refractivity contribution is 5.94. The number of aromatic nitrogens is 2. The molecule has 0 unspecified atom stereocenters. The second kappa shape index (κ2) is 6.34. The van der Waals surface area contributed by atoms with Crippen LogP contribution in [0.4, 0.5) is 5.82 Å². The van der Waals surface area contributed by atoms with Crippen molar-refractivity contribution in [1.82, 2.24) is 10.2 Å². The predicted molar refractivity (Wildman–Crippen MR) is 79.4 cm³/mol. The number of nitrogens with one attached hydrogen (secondary N) is 2. The molecule has 0 radical (unpaired) electrons. The third kappa shape index (κ3) is 3.45. The summed E-state index contributed by atoms with van der Waals surface area (Å²) in [6.45, 7) is 3.82. The molecule has 2 rings (SSSR count). The van der Waals surface area contributed by atoms with Crippen LogP contribution in [-0.4, -0.2) is 22.1 Å². The van der Waals surface area contributed by atoms with Crippen molar-refractivity contribution in [1.29, 1.82) is 0 Å². The molecule has 0 saturated heterocycles. The number of hydrogen-bond acceptors (Lipinski definition) is 3. The van der Waals surface area contributed by atoms with E-state index in [0.717, 1.165) is 17.7 Å². The lowest BCUT2D eigenvalue weighted by Crippen LogP contribution is -2.36.